The van der Waals surface area contributed by atoms with Crippen molar-refractivity contribution in [2.45, 2.75) is 58.5 Å². The first kappa shape index (κ1) is 14.2. The van der Waals surface area contributed by atoms with Crippen LogP contribution in [0, 0.1) is 0 Å². The first-order valence-corrected chi connectivity index (χ1v) is 5.47. The zero-order valence-electron chi connectivity index (χ0n) is 10.2. The van der Waals surface area contributed by atoms with Crippen molar-refractivity contribution in [1.82, 2.24) is 4.90 Å². The van der Waals surface area contributed by atoms with E-state index in [4.69, 9.17) is 5.11 Å². The summed E-state index contributed by atoms with van der Waals surface area (Å²) in [6.45, 7) is 7.47. The number of hydrogen-bond acceptors (Lipinski definition) is 2. The summed E-state index contributed by atoms with van der Waals surface area (Å²) in [5.74, 6) is 0. The zero-order chi connectivity index (χ0) is 12.1. The van der Waals surface area contributed by atoms with Gasteiger partial charge in [-0.25, -0.2) is 4.79 Å². The van der Waals surface area contributed by atoms with Crippen LogP contribution in [-0.4, -0.2) is 39.4 Å². The van der Waals surface area contributed by atoms with Crippen LogP contribution >= 0.6 is 0 Å². The highest BCUT2D eigenvalue weighted by Crippen LogP contribution is 2.20. The van der Waals surface area contributed by atoms with Gasteiger partial charge in [0.2, 0.25) is 0 Å². The fourth-order valence-corrected chi connectivity index (χ4v) is 1.73. The van der Waals surface area contributed by atoms with Gasteiger partial charge in [-0.05, 0) is 27.2 Å². The number of aliphatic hydroxyl groups excluding tert-OH is 1. The van der Waals surface area contributed by atoms with Crippen LogP contribution in [0.1, 0.15) is 47.0 Å². The van der Waals surface area contributed by atoms with Crippen molar-refractivity contribution in [3.8, 4) is 0 Å². The fraction of sp³-hybridized carbons (Fsp3) is 0.909. The Hall–Kier alpha value is -0.770. The normalized spacial score (nSPS) is 13.7. The fourth-order valence-electron chi connectivity index (χ4n) is 1.73. The Labute approximate surface area is 91.9 Å². The SMILES string of the molecule is CCCC[C@H](CO)N(C(=O)O)C(C)(C)C. The molecule has 2 N–H and O–H groups in total. The van der Waals surface area contributed by atoms with Crippen molar-refractivity contribution in [2.24, 2.45) is 0 Å². The Bertz CT molecular complexity index is 198. The second-order valence-corrected chi connectivity index (χ2v) is 4.80. The standard InChI is InChI=1S/C11H23NO3/c1-5-6-7-9(8-13)12(10(14)15)11(2,3)4/h9,13H,5-8H2,1-4H3,(H,14,15)/t9-/m1/s1. The Kier molecular flexibility index (Phi) is 5.65. The summed E-state index contributed by atoms with van der Waals surface area (Å²) in [5, 5.41) is 18.4. The monoisotopic (exact) mass is 217 g/mol. The molecule has 0 aromatic rings. The number of carboxylic acid groups (broad SMARTS) is 1. The summed E-state index contributed by atoms with van der Waals surface area (Å²) in [5.41, 5.74) is -0.465. The molecule has 0 radical (unpaired) electrons. The maximum absolute atomic E-state index is 11.1. The van der Waals surface area contributed by atoms with Gasteiger partial charge in [0.25, 0.3) is 0 Å². The van der Waals surface area contributed by atoms with Gasteiger partial charge in [-0.3, -0.25) is 4.90 Å². The highest BCUT2D eigenvalue weighted by atomic mass is 16.4. The number of rotatable bonds is 5. The van der Waals surface area contributed by atoms with Crippen LogP contribution in [0.5, 0.6) is 0 Å². The predicted octanol–water partition coefficient (Wildman–Crippen LogP) is 2.32. The summed E-state index contributed by atoms with van der Waals surface area (Å²) >= 11 is 0. The molecule has 0 saturated heterocycles. The van der Waals surface area contributed by atoms with Gasteiger partial charge in [0.15, 0.2) is 0 Å². The van der Waals surface area contributed by atoms with Crippen LogP contribution in [0.4, 0.5) is 4.79 Å². The van der Waals surface area contributed by atoms with E-state index in [1.165, 1.54) is 4.90 Å². The van der Waals surface area contributed by atoms with Crippen LogP contribution in [0.25, 0.3) is 0 Å². The van der Waals surface area contributed by atoms with Gasteiger partial charge in [-0.2, -0.15) is 0 Å². The molecule has 0 rings (SSSR count). The lowest BCUT2D eigenvalue weighted by Crippen LogP contribution is -2.52. The number of unbranched alkanes of at least 4 members (excludes halogenated alkanes) is 1. The molecule has 0 aliphatic heterocycles. The average molecular weight is 217 g/mol. The molecule has 1 amide bonds. The highest BCUT2D eigenvalue weighted by Gasteiger charge is 2.32. The molecule has 0 bridgehead atoms. The van der Waals surface area contributed by atoms with Crippen LogP contribution in [0.15, 0.2) is 0 Å². The Morgan fingerprint density at radius 3 is 2.20 bits per heavy atom. The molecule has 0 aromatic heterocycles. The van der Waals surface area contributed by atoms with E-state index in [-0.39, 0.29) is 12.6 Å². The summed E-state index contributed by atoms with van der Waals surface area (Å²) in [6, 6.07) is -0.289. The number of carbonyl (C=O) groups is 1. The molecule has 15 heavy (non-hydrogen) atoms. The van der Waals surface area contributed by atoms with Gasteiger partial charge in [0.1, 0.15) is 0 Å². The topological polar surface area (TPSA) is 60.8 Å². The molecular formula is C11H23NO3. The van der Waals surface area contributed by atoms with E-state index in [2.05, 4.69) is 6.92 Å². The largest absolute Gasteiger partial charge is 0.465 e. The van der Waals surface area contributed by atoms with E-state index in [1.807, 2.05) is 20.8 Å². The summed E-state index contributed by atoms with van der Waals surface area (Å²) in [7, 11) is 0. The lowest BCUT2D eigenvalue weighted by atomic mass is 10.0. The quantitative estimate of drug-likeness (QED) is 0.743. The lowest BCUT2D eigenvalue weighted by Gasteiger charge is -2.39. The second kappa shape index (κ2) is 5.95. The Balaban J connectivity index is 4.64. The summed E-state index contributed by atoms with van der Waals surface area (Å²) in [6.07, 6.45) is 1.70. The Morgan fingerprint density at radius 2 is 1.93 bits per heavy atom. The first-order chi connectivity index (χ1) is 6.84. The molecule has 0 saturated carbocycles. The van der Waals surface area contributed by atoms with E-state index in [0.29, 0.717) is 0 Å². The maximum Gasteiger partial charge on any atom is 0.408 e. The molecule has 1 atom stereocenters. The second-order valence-electron chi connectivity index (χ2n) is 4.80. The molecule has 0 unspecified atom stereocenters. The van der Waals surface area contributed by atoms with E-state index >= 15 is 0 Å². The molecule has 0 spiro atoms. The van der Waals surface area contributed by atoms with Crippen LogP contribution in [0.2, 0.25) is 0 Å². The molecule has 0 fully saturated rings. The van der Waals surface area contributed by atoms with E-state index in [9.17, 15) is 9.90 Å². The number of amides is 1. The third kappa shape index (κ3) is 4.51. The van der Waals surface area contributed by atoms with Crippen molar-refractivity contribution < 1.29 is 15.0 Å². The minimum Gasteiger partial charge on any atom is -0.465 e. The number of aliphatic hydroxyl groups is 1. The predicted molar refractivity (Wildman–Crippen MR) is 60.0 cm³/mol. The molecule has 0 aromatic carbocycles. The molecule has 4 nitrogen and oxygen atoms in total. The van der Waals surface area contributed by atoms with Crippen LogP contribution in [0.3, 0.4) is 0 Å². The van der Waals surface area contributed by atoms with Gasteiger partial charge in [-0.1, -0.05) is 19.8 Å². The van der Waals surface area contributed by atoms with Gasteiger partial charge in [0.05, 0.1) is 12.6 Å². The van der Waals surface area contributed by atoms with Crippen molar-refractivity contribution in [1.29, 1.82) is 0 Å². The van der Waals surface area contributed by atoms with Crippen LogP contribution in [-0.2, 0) is 0 Å². The van der Waals surface area contributed by atoms with Gasteiger partial charge in [0, 0.05) is 5.54 Å². The van der Waals surface area contributed by atoms with E-state index in [0.717, 1.165) is 19.3 Å². The van der Waals surface area contributed by atoms with Crippen molar-refractivity contribution in [3.05, 3.63) is 0 Å². The molecular weight excluding hydrogens is 194 g/mol. The highest BCUT2D eigenvalue weighted by molar-refractivity contribution is 5.66. The summed E-state index contributed by atoms with van der Waals surface area (Å²) < 4.78 is 0. The van der Waals surface area contributed by atoms with Gasteiger partial charge < -0.3 is 10.2 Å². The first-order valence-electron chi connectivity index (χ1n) is 5.47. The number of hydrogen-bond donors (Lipinski definition) is 2. The molecule has 0 aliphatic carbocycles. The smallest absolute Gasteiger partial charge is 0.408 e. The zero-order valence-corrected chi connectivity index (χ0v) is 10.2. The molecule has 0 aliphatic rings. The average Bonchev–Trinajstić information content (AvgIpc) is 2.08. The van der Waals surface area contributed by atoms with Gasteiger partial charge >= 0.3 is 6.09 Å². The van der Waals surface area contributed by atoms with Crippen molar-refractivity contribution >= 4 is 6.09 Å². The third-order valence-corrected chi connectivity index (χ3v) is 2.40. The number of nitrogens with zero attached hydrogens (tertiary/aromatic N) is 1. The minimum atomic E-state index is -0.961. The molecule has 0 heterocycles. The van der Waals surface area contributed by atoms with E-state index in [1.54, 1.807) is 0 Å². The molecule has 4 heteroatoms. The van der Waals surface area contributed by atoms with Crippen LogP contribution < -0.4 is 0 Å². The summed E-state index contributed by atoms with van der Waals surface area (Å²) in [4.78, 5) is 12.5. The van der Waals surface area contributed by atoms with Crippen molar-refractivity contribution in [3.63, 3.8) is 0 Å². The maximum atomic E-state index is 11.1. The van der Waals surface area contributed by atoms with Gasteiger partial charge in [-0.15, -0.1) is 0 Å². The van der Waals surface area contributed by atoms with E-state index < -0.39 is 11.6 Å². The molecule has 90 valence electrons. The van der Waals surface area contributed by atoms with Crippen molar-refractivity contribution in [2.75, 3.05) is 6.61 Å². The lowest BCUT2D eigenvalue weighted by molar-refractivity contribution is 0.0423. The minimum absolute atomic E-state index is 0.108. The Morgan fingerprint density at radius 1 is 1.40 bits per heavy atom. The third-order valence-electron chi connectivity index (χ3n) is 2.40.